The van der Waals surface area contributed by atoms with Crippen molar-refractivity contribution in [2.45, 2.75) is 77.9 Å². The van der Waals surface area contributed by atoms with E-state index in [9.17, 15) is 4.79 Å². The summed E-state index contributed by atoms with van der Waals surface area (Å²) in [7, 11) is 0. The Morgan fingerprint density at radius 2 is 2.00 bits per heavy atom. The second-order valence-electron chi connectivity index (χ2n) is 11.5. The third-order valence-corrected chi connectivity index (χ3v) is 8.79. The number of hydrogen-bond donors (Lipinski definition) is 1. The molecular weight excluding hydrogens is 542 g/mol. The lowest BCUT2D eigenvalue weighted by atomic mass is 10.0. The van der Waals surface area contributed by atoms with E-state index in [-0.39, 0.29) is 11.9 Å². The smallest absolute Gasteiger partial charge is 0.375 e. The number of pyridine rings is 2. The molecule has 4 aromatic rings. The summed E-state index contributed by atoms with van der Waals surface area (Å²) in [5.41, 5.74) is 3.67. The highest BCUT2D eigenvalue weighted by Crippen LogP contribution is 2.39. The van der Waals surface area contributed by atoms with Crippen LogP contribution in [0.1, 0.15) is 65.2 Å². The number of rotatable bonds is 10. The number of unbranched alkanes of at least 4 members (excludes halogenated alkanes) is 2. The van der Waals surface area contributed by atoms with Crippen molar-refractivity contribution in [3.8, 4) is 22.8 Å². The summed E-state index contributed by atoms with van der Waals surface area (Å²) >= 11 is 6.40. The molecule has 0 aromatic carbocycles. The van der Waals surface area contributed by atoms with Gasteiger partial charge in [0.1, 0.15) is 5.69 Å². The lowest BCUT2D eigenvalue weighted by molar-refractivity contribution is 0.0329. The maximum atomic E-state index is 11.8. The summed E-state index contributed by atoms with van der Waals surface area (Å²) in [5.74, 6) is 1.90. The molecule has 1 saturated heterocycles. The number of aromatic amines is 1. The van der Waals surface area contributed by atoms with Gasteiger partial charge in [0.2, 0.25) is 11.8 Å². The van der Waals surface area contributed by atoms with Gasteiger partial charge in [-0.2, -0.15) is 0 Å². The van der Waals surface area contributed by atoms with Gasteiger partial charge in [0.05, 0.1) is 34.5 Å². The van der Waals surface area contributed by atoms with E-state index in [0.29, 0.717) is 28.9 Å². The molecule has 10 nitrogen and oxygen atoms in total. The summed E-state index contributed by atoms with van der Waals surface area (Å²) in [4.78, 5) is 31.4. The van der Waals surface area contributed by atoms with Gasteiger partial charge in [-0.15, -0.1) is 0 Å². The Hall–Kier alpha value is -3.24. The first kappa shape index (κ1) is 27.9. The van der Waals surface area contributed by atoms with Crippen LogP contribution >= 0.6 is 11.6 Å². The third kappa shape index (κ3) is 6.04. The van der Waals surface area contributed by atoms with E-state index in [2.05, 4.69) is 38.4 Å². The summed E-state index contributed by atoms with van der Waals surface area (Å²) in [6.07, 6.45) is 13.1. The first-order valence-corrected chi connectivity index (χ1v) is 15.3. The Morgan fingerprint density at radius 3 is 2.76 bits per heavy atom. The minimum absolute atomic E-state index is 0.185. The molecule has 41 heavy (non-hydrogen) atoms. The second kappa shape index (κ2) is 12.3. The van der Waals surface area contributed by atoms with Gasteiger partial charge in [0.15, 0.2) is 0 Å². The number of nitrogens with one attached hydrogen (secondary N) is 1. The van der Waals surface area contributed by atoms with E-state index in [1.54, 1.807) is 12.4 Å². The predicted molar refractivity (Wildman–Crippen MR) is 159 cm³/mol. The molecule has 4 aromatic heterocycles. The molecule has 3 unspecified atom stereocenters. The predicted octanol–water partition coefficient (Wildman–Crippen LogP) is 6.10. The standard InChI is InChI=1S/C30H38ClN7O3/c1-3-5-6-7-23-18-37(10-11-40-23)29-34-24-14-25(28-35-30(39)41-36-28)33-26(21-13-22(31)16-32-15-21)27(24)38(29)17-20-9-8-19(4-2)12-20/h13-16,19-20,23H,3-12,17-18H2,1-2H3,(H,35,36,39). The molecule has 218 valence electrons. The van der Waals surface area contributed by atoms with Gasteiger partial charge >= 0.3 is 5.76 Å². The zero-order valence-electron chi connectivity index (χ0n) is 23.8. The molecule has 1 aliphatic heterocycles. The molecule has 5 heterocycles. The summed E-state index contributed by atoms with van der Waals surface area (Å²) in [6, 6.07) is 3.75. The van der Waals surface area contributed by atoms with Crippen LogP contribution in [0.5, 0.6) is 0 Å². The Labute approximate surface area is 244 Å². The summed E-state index contributed by atoms with van der Waals surface area (Å²) < 4.78 is 13.3. The molecule has 2 aliphatic rings. The van der Waals surface area contributed by atoms with Crippen LogP contribution < -0.4 is 10.7 Å². The van der Waals surface area contributed by atoms with Gasteiger partial charge < -0.3 is 14.2 Å². The van der Waals surface area contributed by atoms with Crippen LogP contribution in [0.2, 0.25) is 5.02 Å². The van der Waals surface area contributed by atoms with E-state index in [1.165, 1.54) is 44.9 Å². The molecule has 1 aliphatic carbocycles. The molecular formula is C30H38ClN7O3. The topological polar surface area (TPSA) is 115 Å². The van der Waals surface area contributed by atoms with Crippen LogP contribution in [0.15, 0.2) is 33.8 Å². The molecule has 2 fully saturated rings. The number of aromatic nitrogens is 6. The molecule has 0 spiro atoms. The van der Waals surface area contributed by atoms with E-state index in [4.69, 9.17) is 30.8 Å². The number of ether oxygens (including phenoxy) is 1. The molecule has 0 bridgehead atoms. The number of H-pyrrole nitrogens is 1. The fourth-order valence-corrected chi connectivity index (χ4v) is 6.61. The molecule has 1 N–H and O–H groups in total. The van der Waals surface area contributed by atoms with Gasteiger partial charge in [0.25, 0.3) is 0 Å². The maximum absolute atomic E-state index is 11.8. The van der Waals surface area contributed by atoms with Gasteiger partial charge in [-0.05, 0) is 43.2 Å². The zero-order valence-corrected chi connectivity index (χ0v) is 24.6. The minimum Gasteiger partial charge on any atom is -0.375 e. The van der Waals surface area contributed by atoms with Gasteiger partial charge in [-0.25, -0.2) is 14.8 Å². The highest BCUT2D eigenvalue weighted by Gasteiger charge is 2.30. The van der Waals surface area contributed by atoms with Crippen molar-refractivity contribution in [2.24, 2.45) is 11.8 Å². The Morgan fingerprint density at radius 1 is 1.12 bits per heavy atom. The van der Waals surface area contributed by atoms with Crippen LogP contribution in [0, 0.1) is 11.8 Å². The van der Waals surface area contributed by atoms with Gasteiger partial charge in [-0.1, -0.05) is 62.7 Å². The Balaban J connectivity index is 1.49. The quantitative estimate of drug-likeness (QED) is 0.224. The molecule has 0 amide bonds. The van der Waals surface area contributed by atoms with Crippen LogP contribution in [-0.4, -0.2) is 55.5 Å². The minimum atomic E-state index is -0.631. The first-order chi connectivity index (χ1) is 20.0. The normalized spacial score (nSPS) is 21.2. The van der Waals surface area contributed by atoms with Crippen molar-refractivity contribution >= 4 is 28.6 Å². The highest BCUT2D eigenvalue weighted by atomic mass is 35.5. The lowest BCUT2D eigenvalue weighted by Gasteiger charge is -2.34. The SMILES string of the molecule is CCCCCC1CN(c2nc3cc(-c4noc(=O)[nH]4)nc(-c4cncc(Cl)c4)c3n2CC2CCC(CC)C2)CCO1. The number of hydrogen-bond acceptors (Lipinski definition) is 8. The molecule has 6 rings (SSSR count). The highest BCUT2D eigenvalue weighted by molar-refractivity contribution is 6.30. The van der Waals surface area contributed by atoms with Crippen molar-refractivity contribution in [1.29, 1.82) is 0 Å². The average Bonchev–Trinajstić information content (AvgIpc) is 3.72. The zero-order chi connectivity index (χ0) is 28.3. The van der Waals surface area contributed by atoms with Crippen molar-refractivity contribution in [1.82, 2.24) is 29.7 Å². The molecule has 1 saturated carbocycles. The molecule has 3 atom stereocenters. The number of imidazole rings is 1. The number of halogens is 1. The van der Waals surface area contributed by atoms with E-state index in [0.717, 1.165) is 54.5 Å². The third-order valence-electron chi connectivity index (χ3n) is 8.58. The van der Waals surface area contributed by atoms with Crippen molar-refractivity contribution in [3.63, 3.8) is 0 Å². The molecule has 0 radical (unpaired) electrons. The fraction of sp³-hybridized carbons (Fsp3) is 0.567. The number of nitrogens with zero attached hydrogens (tertiary/aromatic N) is 6. The average molecular weight is 580 g/mol. The summed E-state index contributed by atoms with van der Waals surface area (Å²) in [5, 5.41) is 4.42. The van der Waals surface area contributed by atoms with Crippen LogP contribution in [0.25, 0.3) is 33.8 Å². The van der Waals surface area contributed by atoms with E-state index >= 15 is 0 Å². The van der Waals surface area contributed by atoms with Crippen LogP contribution in [0.3, 0.4) is 0 Å². The monoisotopic (exact) mass is 579 g/mol. The van der Waals surface area contributed by atoms with Crippen molar-refractivity contribution < 1.29 is 9.26 Å². The maximum Gasteiger partial charge on any atom is 0.439 e. The van der Waals surface area contributed by atoms with Gasteiger partial charge in [0, 0.05) is 37.6 Å². The fourth-order valence-electron chi connectivity index (χ4n) is 6.43. The van der Waals surface area contributed by atoms with E-state index < -0.39 is 5.76 Å². The van der Waals surface area contributed by atoms with Crippen LogP contribution in [-0.2, 0) is 11.3 Å². The van der Waals surface area contributed by atoms with E-state index in [1.807, 2.05) is 12.1 Å². The number of morpholine rings is 1. The summed E-state index contributed by atoms with van der Waals surface area (Å²) in [6.45, 7) is 7.65. The van der Waals surface area contributed by atoms with Crippen molar-refractivity contribution in [3.05, 3.63) is 40.1 Å². The molecule has 11 heteroatoms. The van der Waals surface area contributed by atoms with Crippen molar-refractivity contribution in [2.75, 3.05) is 24.6 Å². The lowest BCUT2D eigenvalue weighted by Crippen LogP contribution is -2.43. The second-order valence-corrected chi connectivity index (χ2v) is 11.9. The van der Waals surface area contributed by atoms with Gasteiger partial charge in [-0.3, -0.25) is 14.5 Å². The first-order valence-electron chi connectivity index (χ1n) is 15.0. The van der Waals surface area contributed by atoms with Crippen LogP contribution in [0.4, 0.5) is 5.95 Å². The Kier molecular flexibility index (Phi) is 8.39. The number of anilines is 1. The number of fused-ring (bicyclic) bond motifs is 1. The largest absolute Gasteiger partial charge is 0.439 e. The Bertz CT molecular complexity index is 1550.